The molecule has 1 atom stereocenters. The number of amides is 1. The maximum Gasteiger partial charge on any atom is 0.238 e. The number of anilines is 2. The van der Waals surface area contributed by atoms with Crippen molar-refractivity contribution in [1.29, 1.82) is 0 Å². The molecule has 1 amide bonds. The van der Waals surface area contributed by atoms with Gasteiger partial charge in [0.25, 0.3) is 0 Å². The third-order valence-corrected chi connectivity index (χ3v) is 7.74. The fraction of sp³-hybridized carbons (Fsp3) is 0.381. The molecule has 0 radical (unpaired) electrons. The molecule has 2 heterocycles. The summed E-state index contributed by atoms with van der Waals surface area (Å²) in [7, 11) is -6.84. The Bertz CT molecular complexity index is 1430. The second-order valence-corrected chi connectivity index (χ2v) is 12.3. The zero-order valence-corrected chi connectivity index (χ0v) is 20.2. The van der Waals surface area contributed by atoms with Crippen molar-refractivity contribution in [2.75, 3.05) is 23.9 Å². The number of aryl methyl sites for hydroxylation is 1. The summed E-state index contributed by atoms with van der Waals surface area (Å²) in [5.74, 6) is 0.236. The van der Waals surface area contributed by atoms with E-state index in [2.05, 4.69) is 25.6 Å². The number of hydrogen-bond donors (Lipinski definition) is 4. The van der Waals surface area contributed by atoms with Gasteiger partial charge < -0.3 is 15.6 Å². The molecule has 0 fully saturated rings. The van der Waals surface area contributed by atoms with E-state index in [1.807, 2.05) is 0 Å². The van der Waals surface area contributed by atoms with Gasteiger partial charge in [0.05, 0.1) is 16.0 Å². The Morgan fingerprint density at radius 2 is 1.91 bits per heavy atom. The summed E-state index contributed by atoms with van der Waals surface area (Å²) in [6, 6.07) is 6.01. The summed E-state index contributed by atoms with van der Waals surface area (Å²) in [6.45, 7) is 0.313. The first-order valence-corrected chi connectivity index (χ1v) is 14.3. The van der Waals surface area contributed by atoms with Crippen molar-refractivity contribution in [3.8, 4) is 0 Å². The van der Waals surface area contributed by atoms with Crippen molar-refractivity contribution in [2.45, 2.75) is 30.6 Å². The van der Waals surface area contributed by atoms with E-state index >= 15 is 0 Å². The number of primary sulfonamides is 1. The second-order valence-electron chi connectivity index (χ2n) is 8.44. The van der Waals surface area contributed by atoms with Crippen LogP contribution in [-0.4, -0.2) is 56.2 Å². The van der Waals surface area contributed by atoms with Gasteiger partial charge in [0.2, 0.25) is 15.9 Å². The third-order valence-electron chi connectivity index (χ3n) is 5.78. The quantitative estimate of drug-likeness (QED) is 0.327. The largest absolute Gasteiger partial charge is 0.356 e. The molecule has 13 heteroatoms. The third kappa shape index (κ3) is 5.54. The van der Waals surface area contributed by atoms with Crippen LogP contribution < -0.4 is 15.8 Å². The molecule has 0 spiro atoms. The molecule has 5 N–H and O–H groups in total. The Hall–Kier alpha value is -3.03. The number of sulfone groups is 1. The van der Waals surface area contributed by atoms with Crippen molar-refractivity contribution >= 4 is 48.3 Å². The summed E-state index contributed by atoms with van der Waals surface area (Å²) >= 11 is 0. The molecule has 0 saturated heterocycles. The lowest BCUT2D eigenvalue weighted by atomic mass is 9.86. The van der Waals surface area contributed by atoms with E-state index in [9.17, 15) is 21.6 Å². The molecule has 4 rings (SSSR count). The van der Waals surface area contributed by atoms with Gasteiger partial charge >= 0.3 is 0 Å². The molecule has 3 aromatic rings. The molecule has 1 aliphatic carbocycles. The number of fused-ring (bicyclic) bond motifs is 3. The highest BCUT2D eigenvalue weighted by Gasteiger charge is 2.29. The maximum absolute atomic E-state index is 12.7. The second kappa shape index (κ2) is 9.31. The van der Waals surface area contributed by atoms with Crippen molar-refractivity contribution in [1.82, 2.24) is 20.3 Å². The minimum absolute atomic E-state index is 0.00954. The lowest BCUT2D eigenvalue weighted by molar-refractivity contribution is -0.125. The molecule has 0 bridgehead atoms. The topological polar surface area (TPSA) is 177 Å². The number of nitrogens with one attached hydrogen (secondary N) is 3. The van der Waals surface area contributed by atoms with E-state index in [1.165, 1.54) is 24.7 Å². The number of rotatable bonds is 8. The number of aromatic nitrogens is 3. The fourth-order valence-corrected chi connectivity index (χ4v) is 5.30. The van der Waals surface area contributed by atoms with E-state index in [0.29, 0.717) is 49.4 Å². The van der Waals surface area contributed by atoms with Crippen molar-refractivity contribution in [3.05, 3.63) is 41.9 Å². The highest BCUT2D eigenvalue weighted by Crippen LogP contribution is 2.35. The Balaban J connectivity index is 1.52. The average Bonchev–Trinajstić information content (AvgIpc) is 3.14. The van der Waals surface area contributed by atoms with Crippen LogP contribution in [0.4, 0.5) is 11.5 Å². The number of H-pyrrole nitrogens is 1. The summed E-state index contributed by atoms with van der Waals surface area (Å²) in [4.78, 5) is 24.7. The molecule has 1 aliphatic rings. The van der Waals surface area contributed by atoms with Crippen LogP contribution in [0.15, 0.2) is 35.5 Å². The average molecular weight is 507 g/mol. The van der Waals surface area contributed by atoms with Gasteiger partial charge in [-0.05, 0) is 55.5 Å². The first-order chi connectivity index (χ1) is 16.0. The monoisotopic (exact) mass is 506 g/mol. The van der Waals surface area contributed by atoms with Crippen molar-refractivity contribution in [2.24, 2.45) is 11.1 Å². The maximum atomic E-state index is 12.7. The van der Waals surface area contributed by atoms with E-state index in [4.69, 9.17) is 5.14 Å². The summed E-state index contributed by atoms with van der Waals surface area (Å²) in [5, 5.41) is 12.0. The Labute approximate surface area is 197 Å². The summed E-state index contributed by atoms with van der Waals surface area (Å²) in [6.07, 6.45) is 4.83. The van der Waals surface area contributed by atoms with E-state index < -0.39 is 19.9 Å². The van der Waals surface area contributed by atoms with Crippen LogP contribution in [0.1, 0.15) is 24.1 Å². The Morgan fingerprint density at radius 3 is 2.59 bits per heavy atom. The molecule has 1 aromatic carbocycles. The van der Waals surface area contributed by atoms with Gasteiger partial charge in [-0.1, -0.05) is 0 Å². The van der Waals surface area contributed by atoms with Crippen molar-refractivity contribution in [3.63, 3.8) is 0 Å². The van der Waals surface area contributed by atoms with Gasteiger partial charge in [-0.3, -0.25) is 4.79 Å². The van der Waals surface area contributed by atoms with Crippen LogP contribution in [0.2, 0.25) is 0 Å². The van der Waals surface area contributed by atoms with Crippen LogP contribution in [0.3, 0.4) is 0 Å². The molecule has 1 unspecified atom stereocenters. The van der Waals surface area contributed by atoms with Crippen LogP contribution in [0, 0.1) is 5.92 Å². The Kier molecular flexibility index (Phi) is 6.60. The number of aromatic amines is 1. The summed E-state index contributed by atoms with van der Waals surface area (Å²) in [5.41, 5.74) is 3.24. The number of carbonyl (C=O) groups excluding carboxylic acids is 1. The summed E-state index contributed by atoms with van der Waals surface area (Å²) < 4.78 is 45.5. The number of carbonyl (C=O) groups is 1. The molecule has 11 nitrogen and oxygen atoms in total. The van der Waals surface area contributed by atoms with Crippen LogP contribution in [-0.2, 0) is 37.5 Å². The molecular weight excluding hydrogens is 480 g/mol. The lowest BCUT2D eigenvalue weighted by Gasteiger charge is -2.22. The normalized spacial score (nSPS) is 16.2. The SMILES string of the molecule is CS(=O)(=O)CCCNC(=O)C1CCc2[nH]c3ncnc(Nc4ccc(S(N)(=O)=O)cc4)c3c2C1. The number of nitrogens with two attached hydrogens (primary N) is 1. The minimum atomic E-state index is -3.79. The molecule has 0 saturated carbocycles. The van der Waals surface area contributed by atoms with E-state index in [-0.39, 0.29) is 22.5 Å². The highest BCUT2D eigenvalue weighted by molar-refractivity contribution is 7.90. The molecule has 2 aromatic heterocycles. The van der Waals surface area contributed by atoms with Gasteiger partial charge in [-0.15, -0.1) is 0 Å². The van der Waals surface area contributed by atoms with Gasteiger partial charge in [0.15, 0.2) is 0 Å². The zero-order chi connectivity index (χ0) is 24.5. The van der Waals surface area contributed by atoms with Gasteiger partial charge in [-0.2, -0.15) is 0 Å². The van der Waals surface area contributed by atoms with Gasteiger partial charge in [0.1, 0.15) is 27.6 Å². The minimum Gasteiger partial charge on any atom is -0.356 e. The fourth-order valence-electron chi connectivity index (χ4n) is 4.11. The first kappa shape index (κ1) is 24.1. The van der Waals surface area contributed by atoms with E-state index in [1.54, 1.807) is 12.1 Å². The van der Waals surface area contributed by atoms with Gasteiger partial charge in [0, 0.05) is 30.1 Å². The van der Waals surface area contributed by atoms with Crippen LogP contribution in [0.5, 0.6) is 0 Å². The van der Waals surface area contributed by atoms with Gasteiger partial charge in [-0.25, -0.2) is 31.9 Å². The van der Waals surface area contributed by atoms with Crippen LogP contribution in [0.25, 0.3) is 11.0 Å². The molecular formula is C21H26N6O5S2. The van der Waals surface area contributed by atoms with Crippen LogP contribution >= 0.6 is 0 Å². The predicted molar refractivity (Wildman–Crippen MR) is 128 cm³/mol. The number of benzene rings is 1. The molecule has 34 heavy (non-hydrogen) atoms. The molecule has 182 valence electrons. The number of hydrogen-bond acceptors (Lipinski definition) is 8. The predicted octanol–water partition coefficient (Wildman–Crippen LogP) is 1.00. The first-order valence-electron chi connectivity index (χ1n) is 10.7. The molecule has 0 aliphatic heterocycles. The standard InChI is InChI=1S/C21H26N6O5S2/c1-33(29,30)10-2-9-23-21(28)13-3-8-17-16(11-13)18-19(24-12-25-20(18)27-17)26-14-4-6-15(7-5-14)34(22,31)32/h4-7,12-13H,2-3,8-11H2,1H3,(H,23,28)(H2,22,31,32)(H2,24,25,26,27). The number of nitrogens with zero attached hydrogens (tertiary/aromatic N) is 2. The lowest BCUT2D eigenvalue weighted by Crippen LogP contribution is -2.35. The van der Waals surface area contributed by atoms with E-state index in [0.717, 1.165) is 16.6 Å². The Morgan fingerprint density at radius 1 is 1.18 bits per heavy atom. The zero-order valence-electron chi connectivity index (χ0n) is 18.5. The number of sulfonamides is 1. The highest BCUT2D eigenvalue weighted by atomic mass is 32.2. The van der Waals surface area contributed by atoms with Crippen molar-refractivity contribution < 1.29 is 21.6 Å². The smallest absolute Gasteiger partial charge is 0.238 e.